The first-order chi connectivity index (χ1) is 14.4. The third-order valence-electron chi connectivity index (χ3n) is 4.36. The van der Waals surface area contributed by atoms with Crippen LogP contribution in [-0.4, -0.2) is 34.2 Å². The SMILES string of the molecule is C=CCOC(=O)c1sc(NC(=O)CCSc2cc(C)c3cccc(C)c3n2)nc1C. The van der Waals surface area contributed by atoms with Gasteiger partial charge in [-0.15, -0.1) is 11.8 Å². The van der Waals surface area contributed by atoms with E-state index in [1.807, 2.05) is 19.1 Å². The van der Waals surface area contributed by atoms with E-state index in [1.165, 1.54) is 11.6 Å². The Morgan fingerprint density at radius 1 is 1.23 bits per heavy atom. The van der Waals surface area contributed by atoms with E-state index >= 15 is 0 Å². The summed E-state index contributed by atoms with van der Waals surface area (Å²) >= 11 is 2.66. The Kier molecular flexibility index (Phi) is 7.23. The quantitative estimate of drug-likeness (QED) is 0.298. The molecule has 0 atom stereocenters. The number of aromatic nitrogens is 2. The monoisotopic (exact) mass is 441 g/mol. The van der Waals surface area contributed by atoms with E-state index in [0.29, 0.717) is 27.9 Å². The van der Waals surface area contributed by atoms with Gasteiger partial charge in [-0.1, -0.05) is 42.2 Å². The van der Waals surface area contributed by atoms with E-state index in [9.17, 15) is 9.59 Å². The molecule has 0 aliphatic rings. The summed E-state index contributed by atoms with van der Waals surface area (Å²) in [4.78, 5) is 33.6. The molecule has 0 saturated carbocycles. The van der Waals surface area contributed by atoms with Crippen LogP contribution in [0.25, 0.3) is 10.9 Å². The van der Waals surface area contributed by atoms with Crippen LogP contribution in [0.5, 0.6) is 0 Å². The highest BCUT2D eigenvalue weighted by atomic mass is 32.2. The third-order valence-corrected chi connectivity index (χ3v) is 6.33. The van der Waals surface area contributed by atoms with Crippen LogP contribution < -0.4 is 5.32 Å². The van der Waals surface area contributed by atoms with Crippen LogP contribution in [-0.2, 0) is 9.53 Å². The molecule has 156 valence electrons. The first kappa shape index (κ1) is 22.0. The molecule has 0 spiro atoms. The van der Waals surface area contributed by atoms with Gasteiger partial charge in [-0.05, 0) is 38.0 Å². The summed E-state index contributed by atoms with van der Waals surface area (Å²) in [6, 6.07) is 8.21. The molecule has 30 heavy (non-hydrogen) atoms. The molecule has 2 heterocycles. The number of fused-ring (bicyclic) bond motifs is 1. The molecular formula is C22H23N3O3S2. The van der Waals surface area contributed by atoms with E-state index in [2.05, 4.69) is 35.9 Å². The lowest BCUT2D eigenvalue weighted by molar-refractivity contribution is -0.115. The summed E-state index contributed by atoms with van der Waals surface area (Å²) in [5.41, 5.74) is 3.84. The fraction of sp³-hybridized carbons (Fsp3) is 0.273. The van der Waals surface area contributed by atoms with Gasteiger partial charge >= 0.3 is 5.97 Å². The lowest BCUT2D eigenvalue weighted by Crippen LogP contribution is -2.12. The molecular weight excluding hydrogens is 418 g/mol. The Bertz CT molecular complexity index is 1110. The highest BCUT2D eigenvalue weighted by Gasteiger charge is 2.17. The lowest BCUT2D eigenvalue weighted by atomic mass is 10.1. The maximum atomic E-state index is 12.3. The molecule has 0 aliphatic carbocycles. The number of hydrogen-bond donors (Lipinski definition) is 1. The number of benzene rings is 1. The van der Waals surface area contributed by atoms with Gasteiger partial charge in [0.2, 0.25) is 5.91 Å². The molecule has 8 heteroatoms. The van der Waals surface area contributed by atoms with Crippen LogP contribution in [0.2, 0.25) is 0 Å². The van der Waals surface area contributed by atoms with Crippen LogP contribution in [0.1, 0.15) is 32.9 Å². The maximum Gasteiger partial charge on any atom is 0.350 e. The van der Waals surface area contributed by atoms with Crippen LogP contribution >= 0.6 is 23.1 Å². The molecule has 1 amide bonds. The topological polar surface area (TPSA) is 81.2 Å². The third kappa shape index (κ3) is 5.25. The molecule has 0 aliphatic heterocycles. The van der Waals surface area contributed by atoms with Gasteiger partial charge in [0.1, 0.15) is 11.5 Å². The highest BCUT2D eigenvalue weighted by molar-refractivity contribution is 7.99. The van der Waals surface area contributed by atoms with E-state index in [0.717, 1.165) is 32.8 Å². The molecule has 1 aromatic carbocycles. The summed E-state index contributed by atoms with van der Waals surface area (Å²) < 4.78 is 5.03. The number of carbonyl (C=O) groups is 2. The zero-order valence-corrected chi connectivity index (χ0v) is 18.8. The van der Waals surface area contributed by atoms with Gasteiger partial charge in [0.15, 0.2) is 5.13 Å². The Balaban J connectivity index is 1.57. The predicted molar refractivity (Wildman–Crippen MR) is 123 cm³/mol. The minimum absolute atomic E-state index is 0.136. The van der Waals surface area contributed by atoms with Crippen LogP contribution in [0.15, 0.2) is 41.9 Å². The number of para-hydroxylation sites is 1. The number of thiazole rings is 1. The van der Waals surface area contributed by atoms with Crippen molar-refractivity contribution in [2.24, 2.45) is 0 Å². The van der Waals surface area contributed by atoms with Crippen LogP contribution in [0, 0.1) is 20.8 Å². The minimum Gasteiger partial charge on any atom is -0.457 e. The molecule has 0 radical (unpaired) electrons. The van der Waals surface area contributed by atoms with Gasteiger partial charge in [0.25, 0.3) is 0 Å². The fourth-order valence-electron chi connectivity index (χ4n) is 2.87. The summed E-state index contributed by atoms with van der Waals surface area (Å²) in [6.45, 7) is 9.48. The van der Waals surface area contributed by atoms with Crippen molar-refractivity contribution in [2.75, 3.05) is 17.7 Å². The minimum atomic E-state index is -0.464. The second-order valence-electron chi connectivity index (χ2n) is 6.72. The number of hydrogen-bond acceptors (Lipinski definition) is 7. The van der Waals surface area contributed by atoms with Crippen molar-refractivity contribution in [1.29, 1.82) is 0 Å². The first-order valence-electron chi connectivity index (χ1n) is 9.44. The van der Waals surface area contributed by atoms with Crippen molar-refractivity contribution in [3.63, 3.8) is 0 Å². The van der Waals surface area contributed by atoms with Gasteiger partial charge in [0, 0.05) is 17.6 Å². The Morgan fingerprint density at radius 2 is 2.03 bits per heavy atom. The molecule has 3 aromatic rings. The molecule has 6 nitrogen and oxygen atoms in total. The van der Waals surface area contributed by atoms with Crippen molar-refractivity contribution in [3.8, 4) is 0 Å². The van der Waals surface area contributed by atoms with Gasteiger partial charge in [0.05, 0.1) is 16.2 Å². The van der Waals surface area contributed by atoms with Gasteiger partial charge < -0.3 is 10.1 Å². The largest absolute Gasteiger partial charge is 0.457 e. The van der Waals surface area contributed by atoms with Gasteiger partial charge in [-0.2, -0.15) is 0 Å². The van der Waals surface area contributed by atoms with E-state index in [-0.39, 0.29) is 12.5 Å². The molecule has 2 aromatic heterocycles. The lowest BCUT2D eigenvalue weighted by Gasteiger charge is -2.08. The number of rotatable bonds is 8. The molecule has 1 N–H and O–H groups in total. The average Bonchev–Trinajstić information content (AvgIpc) is 3.07. The molecule has 0 fully saturated rings. The molecule has 0 saturated heterocycles. The fourth-order valence-corrected chi connectivity index (χ4v) is 4.66. The van der Waals surface area contributed by atoms with Crippen molar-refractivity contribution < 1.29 is 14.3 Å². The van der Waals surface area contributed by atoms with E-state index in [4.69, 9.17) is 9.72 Å². The van der Waals surface area contributed by atoms with Gasteiger partial charge in [-0.25, -0.2) is 14.8 Å². The number of anilines is 1. The van der Waals surface area contributed by atoms with Gasteiger partial charge in [-0.3, -0.25) is 4.79 Å². The second-order valence-corrected chi connectivity index (χ2v) is 8.83. The highest BCUT2D eigenvalue weighted by Crippen LogP contribution is 2.27. The molecule has 0 unspecified atom stereocenters. The Labute approximate surface area is 183 Å². The van der Waals surface area contributed by atoms with Crippen LogP contribution in [0.3, 0.4) is 0 Å². The number of nitrogens with one attached hydrogen (secondary N) is 1. The van der Waals surface area contributed by atoms with Crippen molar-refractivity contribution in [3.05, 3.63) is 58.6 Å². The van der Waals surface area contributed by atoms with Crippen LogP contribution in [0.4, 0.5) is 5.13 Å². The number of pyridine rings is 1. The number of carbonyl (C=O) groups excluding carboxylic acids is 2. The second kappa shape index (κ2) is 9.86. The number of amides is 1. The maximum absolute atomic E-state index is 12.3. The Hall–Kier alpha value is -2.71. The number of nitrogens with zero attached hydrogens (tertiary/aromatic N) is 2. The number of aryl methyl sites for hydroxylation is 3. The Morgan fingerprint density at radius 3 is 2.80 bits per heavy atom. The molecule has 0 bridgehead atoms. The standard InChI is InChI=1S/C22H23N3O3S2/c1-5-10-28-21(27)20-15(4)23-22(30-20)24-17(26)9-11-29-18-12-14(3)16-8-6-7-13(2)19(16)25-18/h5-8,12H,1,9-11H2,2-4H3,(H,23,24,26). The van der Waals surface area contributed by atoms with Crippen molar-refractivity contribution >= 4 is 51.0 Å². The summed E-state index contributed by atoms with van der Waals surface area (Å²) in [5.74, 6) is -0.0289. The average molecular weight is 442 g/mol. The summed E-state index contributed by atoms with van der Waals surface area (Å²) in [6.07, 6.45) is 1.81. The zero-order chi connectivity index (χ0) is 21.7. The first-order valence-corrected chi connectivity index (χ1v) is 11.2. The zero-order valence-electron chi connectivity index (χ0n) is 17.2. The number of esters is 1. The molecule has 3 rings (SSSR count). The summed E-state index contributed by atoms with van der Waals surface area (Å²) in [7, 11) is 0. The summed E-state index contributed by atoms with van der Waals surface area (Å²) in [5, 5.41) is 5.20. The van der Waals surface area contributed by atoms with Crippen molar-refractivity contribution in [2.45, 2.75) is 32.2 Å². The normalized spacial score (nSPS) is 10.8. The van der Waals surface area contributed by atoms with E-state index in [1.54, 1.807) is 18.7 Å². The number of ether oxygens (including phenoxy) is 1. The van der Waals surface area contributed by atoms with Crippen molar-refractivity contribution in [1.82, 2.24) is 9.97 Å². The van der Waals surface area contributed by atoms with E-state index < -0.39 is 5.97 Å². The smallest absolute Gasteiger partial charge is 0.350 e. The predicted octanol–water partition coefficient (Wildman–Crippen LogP) is 5.08. The number of thioether (sulfide) groups is 1.